The van der Waals surface area contributed by atoms with E-state index in [0.29, 0.717) is 37.6 Å². The Hall–Kier alpha value is -4.35. The number of carbonyl (C=O) groups excluding carboxylic acids is 1. The zero-order valence-electron chi connectivity index (χ0n) is 20.4. The summed E-state index contributed by atoms with van der Waals surface area (Å²) in [5, 5.41) is 19.0. The van der Waals surface area contributed by atoms with Crippen LogP contribution in [-0.2, 0) is 12.8 Å². The number of carbonyl (C=O) groups is 2. The molecule has 12 nitrogen and oxygen atoms in total. The molecule has 36 heavy (non-hydrogen) atoms. The van der Waals surface area contributed by atoms with Gasteiger partial charge in [0.1, 0.15) is 23.0 Å². The summed E-state index contributed by atoms with van der Waals surface area (Å²) in [4.78, 5) is 35.6. The second kappa shape index (κ2) is 10.9. The van der Waals surface area contributed by atoms with Crippen LogP contribution in [0.1, 0.15) is 28.2 Å². The molecule has 0 aliphatic carbocycles. The van der Waals surface area contributed by atoms with E-state index in [2.05, 4.69) is 25.5 Å². The van der Waals surface area contributed by atoms with E-state index >= 15 is 0 Å². The molecule has 12 heteroatoms. The van der Waals surface area contributed by atoms with Gasteiger partial charge in [-0.2, -0.15) is 5.10 Å². The number of likely N-dealkylation sites (N-methyl/N-ethyl adjacent to an activating group) is 1. The summed E-state index contributed by atoms with van der Waals surface area (Å²) in [6.07, 6.45) is 4.10. The minimum absolute atomic E-state index is 0.105. The van der Waals surface area contributed by atoms with Crippen molar-refractivity contribution >= 4 is 23.6 Å². The molecule has 2 amide bonds. The fourth-order valence-electron chi connectivity index (χ4n) is 4.05. The first-order valence-corrected chi connectivity index (χ1v) is 11.5. The van der Waals surface area contributed by atoms with Crippen molar-refractivity contribution in [2.24, 2.45) is 0 Å². The predicted octanol–water partition coefficient (Wildman–Crippen LogP) is 2.44. The van der Waals surface area contributed by atoms with Gasteiger partial charge in [0, 0.05) is 38.0 Å². The van der Waals surface area contributed by atoms with Gasteiger partial charge in [-0.05, 0) is 37.0 Å². The van der Waals surface area contributed by atoms with Gasteiger partial charge in [0.05, 0.1) is 32.7 Å². The molecule has 190 valence electrons. The van der Waals surface area contributed by atoms with E-state index in [1.807, 2.05) is 23.1 Å². The Morgan fingerprint density at radius 3 is 2.53 bits per heavy atom. The summed E-state index contributed by atoms with van der Waals surface area (Å²) in [5.41, 5.74) is 2.08. The van der Waals surface area contributed by atoms with Crippen molar-refractivity contribution < 1.29 is 24.2 Å². The molecular weight excluding hydrogens is 466 g/mol. The zero-order valence-corrected chi connectivity index (χ0v) is 20.4. The number of aromatic amines is 1. The fourth-order valence-corrected chi connectivity index (χ4v) is 4.05. The lowest BCUT2D eigenvalue weighted by molar-refractivity contribution is 0.102. The summed E-state index contributed by atoms with van der Waals surface area (Å²) in [5.74, 6) is 2.03. The Bertz CT molecular complexity index is 1190. The molecule has 1 saturated heterocycles. The number of aromatic nitrogens is 4. The van der Waals surface area contributed by atoms with Gasteiger partial charge in [-0.1, -0.05) is 0 Å². The first-order valence-electron chi connectivity index (χ1n) is 11.5. The molecule has 0 spiro atoms. The molecule has 1 fully saturated rings. The molecule has 3 aromatic rings. The molecular formula is C24H29N7O5. The van der Waals surface area contributed by atoms with Crippen molar-refractivity contribution in [2.75, 3.05) is 44.6 Å². The smallest absolute Gasteiger partial charge is 0.407 e. The first-order chi connectivity index (χ1) is 17.4. The molecule has 1 aliphatic rings. The number of H-pyrrole nitrogens is 1. The normalized spacial score (nSPS) is 15.0. The average molecular weight is 496 g/mol. The summed E-state index contributed by atoms with van der Waals surface area (Å²) in [7, 11) is 4.79. The van der Waals surface area contributed by atoms with Crippen LogP contribution in [-0.4, -0.2) is 82.6 Å². The Kier molecular flexibility index (Phi) is 7.52. The van der Waals surface area contributed by atoms with E-state index in [1.54, 1.807) is 27.3 Å². The van der Waals surface area contributed by atoms with Crippen LogP contribution in [0.15, 0.2) is 36.7 Å². The van der Waals surface area contributed by atoms with Crippen molar-refractivity contribution in [3.05, 3.63) is 53.6 Å². The minimum atomic E-state index is -0.956. The number of nitrogens with zero attached hydrogens (tertiary/aromatic N) is 5. The molecule has 0 saturated carbocycles. The number of hydrogen-bond acceptors (Lipinski definition) is 8. The summed E-state index contributed by atoms with van der Waals surface area (Å²) in [6, 6.07) is 7.41. The highest BCUT2D eigenvalue weighted by Gasteiger charge is 2.29. The zero-order chi connectivity index (χ0) is 25.7. The quantitative estimate of drug-likeness (QED) is 0.407. The molecule has 1 aromatic carbocycles. The second-order valence-corrected chi connectivity index (χ2v) is 8.50. The third-order valence-corrected chi connectivity index (χ3v) is 6.17. The number of methoxy groups -OCH3 is 2. The predicted molar refractivity (Wildman–Crippen MR) is 132 cm³/mol. The van der Waals surface area contributed by atoms with Crippen molar-refractivity contribution in [2.45, 2.75) is 25.3 Å². The average Bonchev–Trinajstić information content (AvgIpc) is 3.56. The SMILES string of the molecule is COc1cc(CCc2cc(NC(=O)c3cnc(N4CCC(N(C)C(=O)O)C4)cn3)n[nH]2)cc(OC)c1. The van der Waals surface area contributed by atoms with Crippen molar-refractivity contribution in [1.29, 1.82) is 0 Å². The van der Waals surface area contributed by atoms with E-state index < -0.39 is 12.0 Å². The van der Waals surface area contributed by atoms with E-state index in [4.69, 9.17) is 14.6 Å². The van der Waals surface area contributed by atoms with Crippen LogP contribution in [0.4, 0.5) is 16.4 Å². The maximum absolute atomic E-state index is 12.6. The Labute approximate surface area is 208 Å². The number of ether oxygens (including phenoxy) is 2. The summed E-state index contributed by atoms with van der Waals surface area (Å²) >= 11 is 0. The maximum atomic E-state index is 12.6. The molecule has 1 atom stereocenters. The first kappa shape index (κ1) is 24.8. The molecule has 1 unspecified atom stereocenters. The van der Waals surface area contributed by atoms with Crippen molar-refractivity contribution in [3.63, 3.8) is 0 Å². The van der Waals surface area contributed by atoms with E-state index in [-0.39, 0.29) is 11.7 Å². The van der Waals surface area contributed by atoms with Crippen LogP contribution in [0.3, 0.4) is 0 Å². The van der Waals surface area contributed by atoms with Crippen LogP contribution in [0.25, 0.3) is 0 Å². The van der Waals surface area contributed by atoms with Gasteiger partial charge in [0.15, 0.2) is 5.82 Å². The van der Waals surface area contributed by atoms with Gasteiger partial charge >= 0.3 is 6.09 Å². The number of hydrogen-bond donors (Lipinski definition) is 3. The Morgan fingerprint density at radius 2 is 1.89 bits per heavy atom. The fraction of sp³-hybridized carbons (Fsp3) is 0.375. The third kappa shape index (κ3) is 5.82. The van der Waals surface area contributed by atoms with Gasteiger partial charge in [0.25, 0.3) is 5.91 Å². The second-order valence-electron chi connectivity index (χ2n) is 8.50. The van der Waals surface area contributed by atoms with Crippen molar-refractivity contribution in [3.8, 4) is 11.5 Å². The molecule has 2 aromatic heterocycles. The third-order valence-electron chi connectivity index (χ3n) is 6.17. The van der Waals surface area contributed by atoms with Gasteiger partial charge in [-0.15, -0.1) is 0 Å². The highest BCUT2D eigenvalue weighted by molar-refractivity contribution is 6.02. The molecule has 0 bridgehead atoms. The highest BCUT2D eigenvalue weighted by Crippen LogP contribution is 2.24. The number of aryl methyl sites for hydroxylation is 2. The van der Waals surface area contributed by atoms with Crippen LogP contribution < -0.4 is 19.7 Å². The Morgan fingerprint density at radius 1 is 1.14 bits per heavy atom. The molecule has 0 radical (unpaired) electrons. The lowest BCUT2D eigenvalue weighted by atomic mass is 10.1. The van der Waals surface area contributed by atoms with Crippen molar-refractivity contribution in [1.82, 2.24) is 25.1 Å². The Balaban J connectivity index is 1.31. The van der Waals surface area contributed by atoms with Gasteiger partial charge in [-0.25, -0.2) is 14.8 Å². The van der Waals surface area contributed by atoms with E-state index in [0.717, 1.165) is 29.2 Å². The van der Waals surface area contributed by atoms with E-state index in [9.17, 15) is 9.59 Å². The van der Waals surface area contributed by atoms with Gasteiger partial charge in [0.2, 0.25) is 0 Å². The lowest BCUT2D eigenvalue weighted by Gasteiger charge is -2.22. The van der Waals surface area contributed by atoms with Crippen LogP contribution in [0.2, 0.25) is 0 Å². The molecule has 1 aliphatic heterocycles. The number of nitrogens with one attached hydrogen (secondary N) is 2. The van der Waals surface area contributed by atoms with Gasteiger partial charge < -0.3 is 29.7 Å². The van der Waals surface area contributed by atoms with Crippen LogP contribution in [0, 0.1) is 0 Å². The minimum Gasteiger partial charge on any atom is -0.497 e. The number of rotatable bonds is 9. The lowest BCUT2D eigenvalue weighted by Crippen LogP contribution is -2.38. The van der Waals surface area contributed by atoms with Crippen LogP contribution in [0.5, 0.6) is 11.5 Å². The standard InChI is InChI=1S/C24H29N7O5/c1-30(24(33)34)17-6-7-31(14-17)22-13-25-20(12-26-22)23(32)27-21-10-16(28-29-21)5-4-15-8-18(35-2)11-19(9-15)36-3/h8-13,17H,4-7,14H2,1-3H3,(H,33,34)(H2,27,28,29,32). The summed E-state index contributed by atoms with van der Waals surface area (Å²) in [6.45, 7) is 1.20. The molecule has 4 rings (SSSR count). The largest absolute Gasteiger partial charge is 0.497 e. The monoisotopic (exact) mass is 495 g/mol. The number of amides is 2. The number of benzene rings is 1. The topological polar surface area (TPSA) is 146 Å². The number of carboxylic acid groups (broad SMARTS) is 1. The summed E-state index contributed by atoms with van der Waals surface area (Å²) < 4.78 is 10.6. The van der Waals surface area contributed by atoms with Gasteiger partial charge in [-0.3, -0.25) is 9.89 Å². The highest BCUT2D eigenvalue weighted by atomic mass is 16.5. The maximum Gasteiger partial charge on any atom is 0.407 e. The molecule has 3 heterocycles. The van der Waals surface area contributed by atoms with E-state index in [1.165, 1.54) is 17.3 Å². The van der Waals surface area contributed by atoms with Crippen LogP contribution >= 0.6 is 0 Å². The number of anilines is 2. The molecule has 3 N–H and O–H groups in total.